The Morgan fingerprint density at radius 3 is 2.33 bits per heavy atom. The molecule has 15 heavy (non-hydrogen) atoms. The third-order valence-corrected chi connectivity index (χ3v) is 3.21. The van der Waals surface area contributed by atoms with Crippen LogP contribution < -0.4 is 0 Å². The first-order valence-electron chi connectivity index (χ1n) is 3.79. The molecule has 0 spiro atoms. The van der Waals surface area contributed by atoms with Crippen molar-refractivity contribution in [2.75, 3.05) is 5.75 Å². The van der Waals surface area contributed by atoms with E-state index in [9.17, 15) is 21.6 Å². The molecule has 0 heterocycles. The highest BCUT2D eigenvalue weighted by Crippen LogP contribution is 2.24. The van der Waals surface area contributed by atoms with Crippen molar-refractivity contribution >= 4 is 9.84 Å². The van der Waals surface area contributed by atoms with Gasteiger partial charge in [-0.1, -0.05) is 6.07 Å². The van der Waals surface area contributed by atoms with E-state index in [1.54, 1.807) is 0 Å². The van der Waals surface area contributed by atoms with Crippen molar-refractivity contribution < 1.29 is 26.7 Å². The standard InChI is InChI=1S/C8H7F3O3S/c9-8(10,11)5-15(13,14)7-3-1-2-6(12)4-7/h1-4,12H,5H2. The largest absolute Gasteiger partial charge is 0.508 e. The minimum Gasteiger partial charge on any atom is -0.508 e. The van der Waals surface area contributed by atoms with Gasteiger partial charge >= 0.3 is 6.18 Å². The summed E-state index contributed by atoms with van der Waals surface area (Å²) in [5.74, 6) is -2.32. The molecule has 3 nitrogen and oxygen atoms in total. The lowest BCUT2D eigenvalue weighted by Crippen LogP contribution is -2.22. The Hall–Kier alpha value is -1.24. The number of benzene rings is 1. The Morgan fingerprint density at radius 1 is 1.27 bits per heavy atom. The molecule has 0 atom stereocenters. The molecule has 0 saturated heterocycles. The van der Waals surface area contributed by atoms with Crippen molar-refractivity contribution in [1.82, 2.24) is 0 Å². The van der Waals surface area contributed by atoms with E-state index in [1.807, 2.05) is 0 Å². The molecule has 1 aromatic carbocycles. The van der Waals surface area contributed by atoms with Gasteiger partial charge in [0.1, 0.15) is 5.75 Å². The van der Waals surface area contributed by atoms with Gasteiger partial charge in [-0.2, -0.15) is 13.2 Å². The van der Waals surface area contributed by atoms with Crippen molar-refractivity contribution in [2.24, 2.45) is 0 Å². The normalized spacial score (nSPS) is 12.7. The van der Waals surface area contributed by atoms with E-state index in [4.69, 9.17) is 5.11 Å². The highest BCUT2D eigenvalue weighted by Gasteiger charge is 2.35. The van der Waals surface area contributed by atoms with E-state index < -0.39 is 32.4 Å². The number of hydrogen-bond acceptors (Lipinski definition) is 3. The number of aromatic hydroxyl groups is 1. The molecule has 1 aromatic rings. The molecule has 0 aromatic heterocycles. The summed E-state index contributed by atoms with van der Waals surface area (Å²) in [5.41, 5.74) is 0. The summed E-state index contributed by atoms with van der Waals surface area (Å²) in [4.78, 5) is -0.542. The van der Waals surface area contributed by atoms with Gasteiger partial charge in [-0.15, -0.1) is 0 Å². The van der Waals surface area contributed by atoms with Crippen molar-refractivity contribution in [2.45, 2.75) is 11.1 Å². The fraction of sp³-hybridized carbons (Fsp3) is 0.250. The maximum atomic E-state index is 11.9. The highest BCUT2D eigenvalue weighted by atomic mass is 32.2. The average Bonchev–Trinajstić information content (AvgIpc) is 1.99. The number of phenolic OH excluding ortho intramolecular Hbond substituents is 1. The van der Waals surface area contributed by atoms with Gasteiger partial charge in [0, 0.05) is 0 Å². The second-order valence-electron chi connectivity index (χ2n) is 2.87. The summed E-state index contributed by atoms with van der Waals surface area (Å²) in [7, 11) is -4.43. The van der Waals surface area contributed by atoms with Gasteiger partial charge in [-0.05, 0) is 18.2 Å². The lowest BCUT2D eigenvalue weighted by atomic mass is 10.3. The van der Waals surface area contributed by atoms with Crippen LogP contribution in [0, 0.1) is 0 Å². The molecule has 84 valence electrons. The van der Waals surface area contributed by atoms with Gasteiger partial charge in [0.15, 0.2) is 15.6 Å². The first kappa shape index (κ1) is 11.8. The Morgan fingerprint density at radius 2 is 1.87 bits per heavy atom. The maximum absolute atomic E-state index is 11.9. The first-order chi connectivity index (χ1) is 6.71. The molecular formula is C8H7F3O3S. The molecule has 1 rings (SSSR count). The zero-order valence-corrected chi connectivity index (χ0v) is 8.14. The van der Waals surface area contributed by atoms with E-state index in [0.29, 0.717) is 0 Å². The van der Waals surface area contributed by atoms with E-state index in [2.05, 4.69) is 0 Å². The molecule has 0 unspecified atom stereocenters. The van der Waals surface area contributed by atoms with Crippen LogP contribution in [0.5, 0.6) is 5.75 Å². The van der Waals surface area contributed by atoms with Crippen LogP contribution in [-0.2, 0) is 9.84 Å². The average molecular weight is 240 g/mol. The molecule has 1 N–H and O–H groups in total. The smallest absolute Gasteiger partial charge is 0.403 e. The Bertz CT molecular complexity index is 450. The molecule has 0 aliphatic carbocycles. The molecule has 0 bridgehead atoms. The topological polar surface area (TPSA) is 54.4 Å². The second kappa shape index (κ2) is 3.73. The van der Waals surface area contributed by atoms with Gasteiger partial charge in [0.2, 0.25) is 0 Å². The fourth-order valence-electron chi connectivity index (χ4n) is 0.976. The minimum atomic E-state index is -4.79. The Kier molecular flexibility index (Phi) is 2.94. The number of sulfone groups is 1. The van der Waals surface area contributed by atoms with E-state index in [0.717, 1.165) is 12.1 Å². The number of phenols is 1. The quantitative estimate of drug-likeness (QED) is 0.856. The third-order valence-electron chi connectivity index (χ3n) is 1.53. The SMILES string of the molecule is O=S(=O)(CC(F)(F)F)c1cccc(O)c1. The lowest BCUT2D eigenvalue weighted by molar-refractivity contribution is -0.106. The molecule has 0 aliphatic rings. The highest BCUT2D eigenvalue weighted by molar-refractivity contribution is 7.91. The van der Waals surface area contributed by atoms with Crippen LogP contribution in [0.4, 0.5) is 13.2 Å². The number of alkyl halides is 3. The van der Waals surface area contributed by atoms with Gasteiger partial charge in [0.25, 0.3) is 0 Å². The van der Waals surface area contributed by atoms with Gasteiger partial charge in [-0.3, -0.25) is 0 Å². The van der Waals surface area contributed by atoms with Crippen LogP contribution in [0.25, 0.3) is 0 Å². The summed E-state index contributed by atoms with van der Waals surface area (Å²) in [6, 6.07) is 4.12. The minimum absolute atomic E-state index is 0.391. The molecule has 7 heteroatoms. The Labute approximate surface area is 84.1 Å². The van der Waals surface area contributed by atoms with Crippen LogP contribution in [0.15, 0.2) is 29.2 Å². The molecule has 0 saturated carbocycles. The van der Waals surface area contributed by atoms with Gasteiger partial charge in [-0.25, -0.2) is 8.42 Å². The van der Waals surface area contributed by atoms with Crippen LogP contribution in [0.2, 0.25) is 0 Å². The van der Waals surface area contributed by atoms with E-state index >= 15 is 0 Å². The summed E-state index contributed by atoms with van der Waals surface area (Å²) < 4.78 is 58.0. The van der Waals surface area contributed by atoms with Gasteiger partial charge < -0.3 is 5.11 Å². The zero-order valence-electron chi connectivity index (χ0n) is 7.32. The predicted octanol–water partition coefficient (Wildman–Crippen LogP) is 1.73. The summed E-state index contributed by atoms with van der Waals surface area (Å²) in [6.07, 6.45) is -4.79. The Balaban J connectivity index is 3.07. The van der Waals surface area contributed by atoms with Crippen molar-refractivity contribution in [3.05, 3.63) is 24.3 Å². The van der Waals surface area contributed by atoms with Crippen molar-refractivity contribution in [3.63, 3.8) is 0 Å². The fourth-order valence-corrected chi connectivity index (χ4v) is 2.16. The lowest BCUT2D eigenvalue weighted by Gasteiger charge is -2.07. The second-order valence-corrected chi connectivity index (χ2v) is 4.86. The maximum Gasteiger partial charge on any atom is 0.403 e. The van der Waals surface area contributed by atoms with Gasteiger partial charge in [0.05, 0.1) is 4.90 Å². The molecule has 0 fully saturated rings. The number of halogens is 3. The van der Waals surface area contributed by atoms with E-state index in [-0.39, 0.29) is 0 Å². The number of rotatable bonds is 2. The van der Waals surface area contributed by atoms with Crippen LogP contribution in [0.1, 0.15) is 0 Å². The first-order valence-corrected chi connectivity index (χ1v) is 5.44. The van der Waals surface area contributed by atoms with E-state index in [1.165, 1.54) is 12.1 Å². The van der Waals surface area contributed by atoms with Crippen LogP contribution in [0.3, 0.4) is 0 Å². The molecular weight excluding hydrogens is 233 g/mol. The molecule has 0 radical (unpaired) electrons. The molecule has 0 amide bonds. The summed E-state index contributed by atoms with van der Waals surface area (Å²) in [5, 5.41) is 8.93. The summed E-state index contributed by atoms with van der Waals surface area (Å²) in [6.45, 7) is 0. The van der Waals surface area contributed by atoms with Crippen LogP contribution >= 0.6 is 0 Å². The third kappa shape index (κ3) is 3.43. The van der Waals surface area contributed by atoms with Crippen molar-refractivity contribution in [1.29, 1.82) is 0 Å². The molecule has 0 aliphatic heterocycles. The monoisotopic (exact) mass is 240 g/mol. The summed E-state index contributed by atoms with van der Waals surface area (Å²) >= 11 is 0. The zero-order chi connectivity index (χ0) is 11.7. The predicted molar refractivity (Wildman–Crippen MR) is 46.2 cm³/mol. The number of hydrogen-bond donors (Lipinski definition) is 1. The van der Waals surface area contributed by atoms with Crippen molar-refractivity contribution in [3.8, 4) is 5.75 Å². The van der Waals surface area contributed by atoms with Crippen LogP contribution in [-0.4, -0.2) is 25.5 Å².